The highest BCUT2D eigenvalue weighted by molar-refractivity contribution is 6.09. The van der Waals surface area contributed by atoms with Crippen molar-refractivity contribution in [2.75, 3.05) is 25.2 Å². The molecule has 2 heterocycles. The number of carbonyl (C=O) groups is 2. The van der Waals surface area contributed by atoms with E-state index < -0.39 is 17.9 Å². The molecule has 2 aromatic heterocycles. The van der Waals surface area contributed by atoms with Crippen LogP contribution in [0.4, 0.5) is 10.1 Å². The highest BCUT2D eigenvalue weighted by Gasteiger charge is 2.34. The normalized spacial score (nSPS) is 12.0. The Morgan fingerprint density at radius 2 is 1.81 bits per heavy atom. The smallest absolute Gasteiger partial charge is 0.279 e. The van der Waals surface area contributed by atoms with Crippen molar-refractivity contribution in [1.82, 2.24) is 20.1 Å². The molecule has 0 saturated carbocycles. The summed E-state index contributed by atoms with van der Waals surface area (Å²) in [6.45, 7) is 6.86. The molecule has 1 atom stereocenters. The summed E-state index contributed by atoms with van der Waals surface area (Å²) in [4.78, 5) is 46.2. The van der Waals surface area contributed by atoms with Crippen LogP contribution < -0.4 is 15.8 Å². The molecule has 0 bridgehead atoms. The monoisotopic (exact) mass is 585 g/mol. The number of nitrogens with zero attached hydrogens (tertiary/aromatic N) is 4. The Bertz CT molecular complexity index is 1600. The first-order valence-electron chi connectivity index (χ1n) is 14.0. The molecule has 43 heavy (non-hydrogen) atoms. The van der Waals surface area contributed by atoms with E-state index in [0.29, 0.717) is 17.7 Å². The van der Waals surface area contributed by atoms with E-state index in [1.54, 1.807) is 42.6 Å². The van der Waals surface area contributed by atoms with Gasteiger partial charge >= 0.3 is 0 Å². The van der Waals surface area contributed by atoms with E-state index in [1.807, 2.05) is 12.1 Å². The Kier molecular flexibility index (Phi) is 10.2. The lowest BCUT2D eigenvalue weighted by Gasteiger charge is -2.31. The van der Waals surface area contributed by atoms with Crippen LogP contribution in [0.15, 0.2) is 90.0 Å². The molecule has 224 valence electrons. The van der Waals surface area contributed by atoms with Crippen molar-refractivity contribution >= 4 is 17.5 Å². The molecule has 1 unspecified atom stereocenters. The van der Waals surface area contributed by atoms with Crippen LogP contribution in [0.2, 0.25) is 0 Å². The van der Waals surface area contributed by atoms with Gasteiger partial charge in [0.25, 0.3) is 11.5 Å². The number of methoxy groups -OCH3 is 1. The van der Waals surface area contributed by atoms with Crippen molar-refractivity contribution < 1.29 is 18.7 Å². The zero-order chi connectivity index (χ0) is 31.0. The van der Waals surface area contributed by atoms with E-state index in [-0.39, 0.29) is 42.2 Å². The van der Waals surface area contributed by atoms with Crippen LogP contribution in [0.3, 0.4) is 0 Å². The molecule has 0 aliphatic heterocycles. The average Bonchev–Trinajstić information content (AvgIpc) is 2.99. The molecule has 4 rings (SSSR count). The molecule has 2 amide bonds. The van der Waals surface area contributed by atoms with Gasteiger partial charge in [0.2, 0.25) is 5.91 Å². The lowest BCUT2D eigenvalue weighted by molar-refractivity contribution is -0.122. The molecule has 0 spiro atoms. The minimum Gasteiger partial charge on any atom is -0.383 e. The molecule has 2 aromatic carbocycles. The highest BCUT2D eigenvalue weighted by Crippen LogP contribution is 2.31. The molecule has 0 radical (unpaired) electrons. The van der Waals surface area contributed by atoms with Gasteiger partial charge in [-0.3, -0.25) is 24.3 Å². The lowest BCUT2D eigenvalue weighted by Crippen LogP contribution is -2.45. The fourth-order valence-electron chi connectivity index (χ4n) is 4.60. The summed E-state index contributed by atoms with van der Waals surface area (Å²) < 4.78 is 19.9. The molecule has 0 fully saturated rings. The first kappa shape index (κ1) is 31.2. The number of carbonyl (C=O) groups excluding carboxylic acids is 2. The van der Waals surface area contributed by atoms with Gasteiger partial charge in [0.15, 0.2) is 0 Å². The predicted octanol–water partition coefficient (Wildman–Crippen LogP) is 4.47. The van der Waals surface area contributed by atoms with Gasteiger partial charge in [-0.05, 0) is 59.4 Å². The average molecular weight is 586 g/mol. The van der Waals surface area contributed by atoms with Crippen molar-refractivity contribution in [3.05, 3.63) is 124 Å². The number of anilines is 1. The Morgan fingerprint density at radius 3 is 2.47 bits per heavy atom. The van der Waals surface area contributed by atoms with Crippen molar-refractivity contribution in [3.8, 4) is 0 Å². The van der Waals surface area contributed by atoms with Crippen LogP contribution in [-0.2, 0) is 27.9 Å². The van der Waals surface area contributed by atoms with Crippen LogP contribution >= 0.6 is 0 Å². The minimum absolute atomic E-state index is 0.0166. The molecular weight excluding hydrogens is 549 g/mol. The number of benzene rings is 2. The van der Waals surface area contributed by atoms with Crippen molar-refractivity contribution in [2.45, 2.75) is 45.2 Å². The number of hydrogen-bond donors (Lipinski definition) is 1. The Labute approximate surface area is 250 Å². The quantitative estimate of drug-likeness (QED) is 0.279. The predicted molar refractivity (Wildman–Crippen MR) is 162 cm³/mol. The van der Waals surface area contributed by atoms with Crippen LogP contribution in [0.5, 0.6) is 0 Å². The second-order valence-corrected chi connectivity index (χ2v) is 11.1. The number of aromatic nitrogens is 3. The number of ether oxygens (including phenoxy) is 1. The highest BCUT2D eigenvalue weighted by atomic mass is 19.1. The topological polar surface area (TPSA) is 106 Å². The maximum Gasteiger partial charge on any atom is 0.279 e. The first-order valence-corrected chi connectivity index (χ1v) is 14.0. The molecule has 4 aromatic rings. The van der Waals surface area contributed by atoms with Crippen LogP contribution in [0.1, 0.15) is 54.0 Å². The summed E-state index contributed by atoms with van der Waals surface area (Å²) in [6, 6.07) is 18.5. The van der Waals surface area contributed by atoms with Gasteiger partial charge in [-0.25, -0.2) is 9.07 Å². The summed E-state index contributed by atoms with van der Waals surface area (Å²) in [5, 5.41) is 7.22. The Morgan fingerprint density at radius 1 is 1.05 bits per heavy atom. The maximum atomic E-state index is 14.3. The van der Waals surface area contributed by atoms with Gasteiger partial charge in [0, 0.05) is 43.4 Å². The summed E-state index contributed by atoms with van der Waals surface area (Å²) in [5.74, 6) is -1.39. The second kappa shape index (κ2) is 14.0. The number of pyridine rings is 1. The van der Waals surface area contributed by atoms with Gasteiger partial charge in [0.05, 0.1) is 13.2 Å². The number of halogens is 1. The Hall–Kier alpha value is -4.70. The zero-order valence-corrected chi connectivity index (χ0v) is 24.8. The van der Waals surface area contributed by atoms with Crippen LogP contribution in [0, 0.1) is 5.82 Å². The third-order valence-electron chi connectivity index (χ3n) is 6.93. The number of nitrogens with one attached hydrogen (secondary N) is 1. The molecule has 9 nitrogen and oxygen atoms in total. The zero-order valence-electron chi connectivity index (χ0n) is 24.8. The van der Waals surface area contributed by atoms with Crippen LogP contribution in [-0.4, -0.2) is 46.8 Å². The van der Waals surface area contributed by atoms with Gasteiger partial charge in [-0.2, -0.15) is 5.10 Å². The third-order valence-corrected chi connectivity index (χ3v) is 6.93. The van der Waals surface area contributed by atoms with Crippen LogP contribution in [0.25, 0.3) is 0 Å². The Balaban J connectivity index is 1.76. The summed E-state index contributed by atoms with van der Waals surface area (Å²) in [5.41, 5.74) is 2.18. The van der Waals surface area contributed by atoms with E-state index in [4.69, 9.17) is 4.74 Å². The van der Waals surface area contributed by atoms with Crippen molar-refractivity contribution in [2.24, 2.45) is 0 Å². The third kappa shape index (κ3) is 7.98. The minimum atomic E-state index is -1.13. The molecule has 10 heteroatoms. The first-order chi connectivity index (χ1) is 20.6. The lowest BCUT2D eigenvalue weighted by atomic mass is 9.87. The van der Waals surface area contributed by atoms with E-state index in [9.17, 15) is 18.8 Å². The standard InChI is InChI=1S/C33H36FN5O4/c1-33(2,3)25-10-12-27(13-11-25)39(32(42)28-14-15-29(40)38(37-28)19-20-43-4)30(24-8-6-17-35-22-24)31(41)36-18-16-23-7-5-9-26(34)21-23/h5-15,17,21-22,30H,16,18-20H2,1-4H3,(H,36,41). The van der Waals surface area contributed by atoms with Gasteiger partial charge < -0.3 is 10.1 Å². The van der Waals surface area contributed by atoms with Gasteiger partial charge in [0.1, 0.15) is 17.6 Å². The molecule has 0 saturated heterocycles. The second-order valence-electron chi connectivity index (χ2n) is 11.1. The number of amides is 2. The van der Waals surface area contributed by atoms with E-state index in [1.165, 1.54) is 42.5 Å². The molecular formula is C33H36FN5O4. The summed E-state index contributed by atoms with van der Waals surface area (Å²) in [7, 11) is 1.51. The largest absolute Gasteiger partial charge is 0.383 e. The summed E-state index contributed by atoms with van der Waals surface area (Å²) >= 11 is 0. The fraction of sp³-hybridized carbons (Fsp3) is 0.303. The van der Waals surface area contributed by atoms with E-state index in [0.717, 1.165) is 15.8 Å². The van der Waals surface area contributed by atoms with E-state index >= 15 is 0 Å². The van der Waals surface area contributed by atoms with E-state index in [2.05, 4.69) is 36.2 Å². The SMILES string of the molecule is COCCn1nc(C(=O)N(c2ccc(C(C)(C)C)cc2)C(C(=O)NCCc2cccc(F)c2)c2cccnc2)ccc1=O. The van der Waals surface area contributed by atoms with Crippen molar-refractivity contribution in [1.29, 1.82) is 0 Å². The molecule has 0 aliphatic rings. The van der Waals surface area contributed by atoms with Gasteiger partial charge in [-0.15, -0.1) is 0 Å². The fourth-order valence-corrected chi connectivity index (χ4v) is 4.60. The molecule has 1 N–H and O–H groups in total. The van der Waals surface area contributed by atoms with Crippen molar-refractivity contribution in [3.63, 3.8) is 0 Å². The summed E-state index contributed by atoms with van der Waals surface area (Å²) in [6.07, 6.45) is 3.51. The van der Waals surface area contributed by atoms with Gasteiger partial charge in [-0.1, -0.05) is 51.1 Å². The number of rotatable bonds is 11. The maximum absolute atomic E-state index is 14.3. The molecule has 0 aliphatic carbocycles. The number of hydrogen-bond acceptors (Lipinski definition) is 6.